The zero-order valence-corrected chi connectivity index (χ0v) is 10.7. The molecule has 2 rings (SSSR count). The van der Waals surface area contributed by atoms with Crippen molar-refractivity contribution in [2.24, 2.45) is 0 Å². The molecule has 1 aromatic rings. The van der Waals surface area contributed by atoms with Gasteiger partial charge in [-0.1, -0.05) is 18.2 Å². The van der Waals surface area contributed by atoms with E-state index in [1.54, 1.807) is 43.3 Å². The van der Waals surface area contributed by atoms with Gasteiger partial charge < -0.3 is 0 Å². The van der Waals surface area contributed by atoms with Crippen molar-refractivity contribution in [2.45, 2.75) is 16.9 Å². The van der Waals surface area contributed by atoms with Gasteiger partial charge in [0, 0.05) is 5.56 Å². The smallest absolute Gasteiger partial charge is 0.178 e. The predicted molar refractivity (Wildman–Crippen MR) is 64.1 cm³/mol. The lowest BCUT2D eigenvalue weighted by atomic mass is 9.87. The Hall–Kier alpha value is -1.38. The maximum atomic E-state index is 12.0. The normalized spacial score (nSPS) is 26.2. The van der Waals surface area contributed by atoms with Crippen molar-refractivity contribution in [1.82, 2.24) is 4.90 Å². The van der Waals surface area contributed by atoms with Crippen LogP contribution in [0.15, 0.2) is 29.2 Å². The van der Waals surface area contributed by atoms with E-state index >= 15 is 0 Å². The molecule has 0 fully saturated rings. The second kappa shape index (κ2) is 3.83. The first-order chi connectivity index (χ1) is 7.94. The summed E-state index contributed by atoms with van der Waals surface area (Å²) in [5.41, 5.74) is -0.235. The first-order valence-electron chi connectivity index (χ1n) is 5.35. The first-order valence-corrected chi connectivity index (χ1v) is 7.00. The summed E-state index contributed by atoms with van der Waals surface area (Å²) in [6.07, 6.45) is 0.315. The first kappa shape index (κ1) is 12.1. The molecule has 5 heteroatoms. The van der Waals surface area contributed by atoms with Gasteiger partial charge in [0.15, 0.2) is 9.84 Å². The number of benzene rings is 1. The van der Waals surface area contributed by atoms with Crippen LogP contribution in [-0.2, 0) is 15.4 Å². The van der Waals surface area contributed by atoms with Crippen molar-refractivity contribution in [3.8, 4) is 6.07 Å². The Bertz CT molecular complexity index is 587. The molecule has 90 valence electrons. The van der Waals surface area contributed by atoms with E-state index < -0.39 is 15.4 Å². The van der Waals surface area contributed by atoms with Gasteiger partial charge in [-0.2, -0.15) is 5.26 Å². The highest BCUT2D eigenvalue weighted by atomic mass is 32.2. The van der Waals surface area contributed by atoms with Crippen molar-refractivity contribution in [1.29, 1.82) is 5.26 Å². The molecule has 0 N–H and O–H groups in total. The van der Waals surface area contributed by atoms with Gasteiger partial charge in [0.1, 0.15) is 5.54 Å². The monoisotopic (exact) mass is 250 g/mol. The highest BCUT2D eigenvalue weighted by Gasteiger charge is 2.43. The van der Waals surface area contributed by atoms with Gasteiger partial charge in [0.2, 0.25) is 0 Å². The van der Waals surface area contributed by atoms with Crippen molar-refractivity contribution in [2.75, 3.05) is 19.8 Å². The standard InChI is InChI=1S/C12H14N2O2S/c1-14(2)12(9-13)7-8-17(15,16)11-6-4-3-5-10(11)12/h3-6H,7-8H2,1-2H3. The molecule has 0 spiro atoms. The van der Waals surface area contributed by atoms with Gasteiger partial charge in [-0.05, 0) is 26.6 Å². The number of hydrogen-bond donors (Lipinski definition) is 0. The lowest BCUT2D eigenvalue weighted by Gasteiger charge is -2.38. The van der Waals surface area contributed by atoms with Crippen molar-refractivity contribution in [3.63, 3.8) is 0 Å². The molecule has 0 saturated carbocycles. The number of hydrogen-bond acceptors (Lipinski definition) is 4. The van der Waals surface area contributed by atoms with E-state index in [-0.39, 0.29) is 5.75 Å². The third-order valence-corrected chi connectivity index (χ3v) is 5.12. The van der Waals surface area contributed by atoms with Crippen molar-refractivity contribution in [3.05, 3.63) is 29.8 Å². The molecule has 0 bridgehead atoms. The van der Waals surface area contributed by atoms with Crippen LogP contribution in [0.5, 0.6) is 0 Å². The maximum Gasteiger partial charge on any atom is 0.178 e. The molecule has 0 aromatic heterocycles. The average Bonchev–Trinajstić information content (AvgIpc) is 2.30. The fraction of sp³-hybridized carbons (Fsp3) is 0.417. The molecule has 1 aliphatic heterocycles. The molecular weight excluding hydrogens is 236 g/mol. The molecule has 0 aliphatic carbocycles. The molecule has 1 atom stereocenters. The molecule has 4 nitrogen and oxygen atoms in total. The topological polar surface area (TPSA) is 61.2 Å². The van der Waals surface area contributed by atoms with E-state index in [0.717, 1.165) is 0 Å². The number of rotatable bonds is 1. The van der Waals surface area contributed by atoms with Gasteiger partial charge in [-0.25, -0.2) is 8.42 Å². The van der Waals surface area contributed by atoms with Crippen LogP contribution in [0.2, 0.25) is 0 Å². The van der Waals surface area contributed by atoms with Crippen LogP contribution in [0, 0.1) is 11.3 Å². The van der Waals surface area contributed by atoms with Crippen molar-refractivity contribution < 1.29 is 8.42 Å². The quantitative estimate of drug-likeness (QED) is 0.750. The van der Waals surface area contributed by atoms with E-state index in [4.69, 9.17) is 0 Å². The van der Waals surface area contributed by atoms with Crippen LogP contribution in [0.3, 0.4) is 0 Å². The molecule has 1 aromatic carbocycles. The number of fused-ring (bicyclic) bond motifs is 1. The molecule has 1 aliphatic rings. The van der Waals surface area contributed by atoms with Crippen LogP contribution in [0.4, 0.5) is 0 Å². The van der Waals surface area contributed by atoms with Crippen LogP contribution < -0.4 is 0 Å². The summed E-state index contributed by atoms with van der Waals surface area (Å²) in [4.78, 5) is 2.09. The van der Waals surface area contributed by atoms with E-state index in [0.29, 0.717) is 16.9 Å². The molecule has 0 radical (unpaired) electrons. The molecule has 0 saturated heterocycles. The van der Waals surface area contributed by atoms with Gasteiger partial charge in [0.05, 0.1) is 16.7 Å². The van der Waals surface area contributed by atoms with Crippen molar-refractivity contribution >= 4 is 9.84 Å². The summed E-state index contributed by atoms with van der Waals surface area (Å²) in [6.45, 7) is 0. The van der Waals surface area contributed by atoms with E-state index in [1.165, 1.54) is 0 Å². The Kier molecular flexibility index (Phi) is 2.72. The molecule has 1 heterocycles. The van der Waals surface area contributed by atoms with Gasteiger partial charge in [0.25, 0.3) is 0 Å². The minimum absolute atomic E-state index is 0.0236. The SMILES string of the molecule is CN(C)C1(C#N)CCS(=O)(=O)c2ccccc21. The second-order valence-electron chi connectivity index (χ2n) is 4.43. The second-order valence-corrected chi connectivity index (χ2v) is 6.51. The van der Waals surface area contributed by atoms with Crippen LogP contribution in [0.25, 0.3) is 0 Å². The Morgan fingerprint density at radius 3 is 2.59 bits per heavy atom. The summed E-state index contributed by atoms with van der Waals surface area (Å²) < 4.78 is 23.9. The molecular formula is C12H14N2O2S. The number of nitriles is 1. The van der Waals surface area contributed by atoms with Crippen LogP contribution in [-0.4, -0.2) is 33.2 Å². The largest absolute Gasteiger partial charge is 0.288 e. The van der Waals surface area contributed by atoms with Crippen LogP contribution in [0.1, 0.15) is 12.0 Å². The van der Waals surface area contributed by atoms with E-state index in [2.05, 4.69) is 6.07 Å². The lowest BCUT2D eigenvalue weighted by Crippen LogP contribution is -2.45. The number of sulfone groups is 1. The molecule has 0 amide bonds. The Morgan fingerprint density at radius 2 is 2.00 bits per heavy atom. The van der Waals surface area contributed by atoms with E-state index in [9.17, 15) is 13.7 Å². The highest BCUT2D eigenvalue weighted by Crippen LogP contribution is 2.39. The summed E-state index contributed by atoms with van der Waals surface area (Å²) in [7, 11) is 0.373. The third kappa shape index (κ3) is 1.65. The summed E-state index contributed by atoms with van der Waals surface area (Å²) in [5.74, 6) is 0.0236. The summed E-state index contributed by atoms with van der Waals surface area (Å²) in [6, 6.07) is 9.05. The fourth-order valence-corrected chi connectivity index (χ4v) is 3.93. The minimum atomic E-state index is -3.23. The minimum Gasteiger partial charge on any atom is -0.288 e. The maximum absolute atomic E-state index is 12.0. The zero-order valence-electron chi connectivity index (χ0n) is 9.84. The zero-order chi connectivity index (χ0) is 12.7. The van der Waals surface area contributed by atoms with Gasteiger partial charge >= 0.3 is 0 Å². The fourth-order valence-electron chi connectivity index (χ4n) is 2.29. The lowest BCUT2D eigenvalue weighted by molar-refractivity contribution is 0.204. The average molecular weight is 250 g/mol. The van der Waals surface area contributed by atoms with E-state index in [1.807, 2.05) is 0 Å². The molecule has 1 unspecified atom stereocenters. The Balaban J connectivity index is 2.77. The summed E-state index contributed by atoms with van der Waals surface area (Å²) >= 11 is 0. The Morgan fingerprint density at radius 1 is 1.35 bits per heavy atom. The third-order valence-electron chi connectivity index (χ3n) is 3.35. The number of nitrogens with zero attached hydrogens (tertiary/aromatic N) is 2. The highest BCUT2D eigenvalue weighted by molar-refractivity contribution is 7.91. The van der Waals surface area contributed by atoms with Gasteiger partial charge in [-0.3, -0.25) is 4.90 Å². The molecule has 17 heavy (non-hydrogen) atoms. The van der Waals surface area contributed by atoms with Gasteiger partial charge in [-0.15, -0.1) is 0 Å². The Labute approximate surface area is 101 Å². The van der Waals surface area contributed by atoms with Crippen LogP contribution >= 0.6 is 0 Å². The predicted octanol–water partition coefficient (Wildman–Crippen LogP) is 1.14. The summed E-state index contributed by atoms with van der Waals surface area (Å²) in [5, 5.41) is 9.44.